The van der Waals surface area contributed by atoms with Gasteiger partial charge in [-0.1, -0.05) is 42.5 Å². The quantitative estimate of drug-likeness (QED) is 0.883. The summed E-state index contributed by atoms with van der Waals surface area (Å²) in [7, 11) is -3.40. The highest BCUT2D eigenvalue weighted by Gasteiger charge is 2.10. The van der Waals surface area contributed by atoms with E-state index in [1.54, 1.807) is 0 Å². The Balaban J connectivity index is 2.14. The molecular weight excluding hydrogens is 265 g/mol. The lowest BCUT2D eigenvalue weighted by Crippen LogP contribution is -2.29. The fourth-order valence-electron chi connectivity index (χ4n) is 2.02. The highest BCUT2D eigenvalue weighted by Crippen LogP contribution is 2.19. The van der Waals surface area contributed by atoms with Crippen molar-refractivity contribution in [1.29, 1.82) is 0 Å². The summed E-state index contributed by atoms with van der Waals surface area (Å²) in [5.74, 6) is -0.0268. The summed E-state index contributed by atoms with van der Waals surface area (Å²) in [4.78, 5) is 0. The Morgan fingerprint density at radius 2 is 1.79 bits per heavy atom. The van der Waals surface area contributed by atoms with E-state index >= 15 is 0 Å². The Morgan fingerprint density at radius 1 is 1.05 bits per heavy atom. The monoisotopic (exact) mass is 281 g/mol. The van der Waals surface area contributed by atoms with Gasteiger partial charge in [0.1, 0.15) is 6.67 Å². The lowest BCUT2D eigenvalue weighted by molar-refractivity contribution is 0.486. The summed E-state index contributed by atoms with van der Waals surface area (Å²) in [5, 5.41) is 2.15. The zero-order valence-corrected chi connectivity index (χ0v) is 11.3. The van der Waals surface area contributed by atoms with E-state index < -0.39 is 16.7 Å². The van der Waals surface area contributed by atoms with Crippen LogP contribution in [0.2, 0.25) is 0 Å². The van der Waals surface area contributed by atoms with Crippen LogP contribution in [0.15, 0.2) is 42.5 Å². The topological polar surface area (TPSA) is 46.2 Å². The number of benzene rings is 2. The van der Waals surface area contributed by atoms with Crippen LogP contribution in [-0.4, -0.2) is 27.4 Å². The molecule has 0 radical (unpaired) electrons. The van der Waals surface area contributed by atoms with Crippen LogP contribution in [0.5, 0.6) is 0 Å². The van der Waals surface area contributed by atoms with E-state index in [1.165, 1.54) is 0 Å². The van der Waals surface area contributed by atoms with Crippen LogP contribution in [0.25, 0.3) is 10.8 Å². The van der Waals surface area contributed by atoms with Gasteiger partial charge in [0.05, 0.1) is 5.75 Å². The number of rotatable bonds is 6. The van der Waals surface area contributed by atoms with Crippen molar-refractivity contribution in [3.63, 3.8) is 0 Å². The van der Waals surface area contributed by atoms with Crippen LogP contribution in [0.4, 0.5) is 4.39 Å². The number of nitrogens with one attached hydrogen (secondary N) is 1. The second kappa shape index (κ2) is 6.12. The molecule has 0 aromatic heterocycles. The number of fused-ring (bicyclic) bond motifs is 1. The maximum Gasteiger partial charge on any atom is 0.212 e. The van der Waals surface area contributed by atoms with Crippen LogP contribution < -0.4 is 4.72 Å². The van der Waals surface area contributed by atoms with E-state index in [0.29, 0.717) is 6.42 Å². The molecule has 0 saturated carbocycles. The first kappa shape index (κ1) is 14.0. The number of hydrogen-bond acceptors (Lipinski definition) is 2. The molecule has 0 bridgehead atoms. The molecule has 2 aromatic carbocycles. The van der Waals surface area contributed by atoms with Crippen molar-refractivity contribution in [1.82, 2.24) is 4.72 Å². The maximum atomic E-state index is 12.0. The van der Waals surface area contributed by atoms with Gasteiger partial charge in [0.25, 0.3) is 0 Å². The zero-order valence-electron chi connectivity index (χ0n) is 10.5. The van der Waals surface area contributed by atoms with Crippen molar-refractivity contribution in [3.05, 3.63) is 48.0 Å². The van der Waals surface area contributed by atoms with Crippen LogP contribution in [-0.2, 0) is 16.4 Å². The average Bonchev–Trinajstić information content (AvgIpc) is 2.43. The molecular formula is C14H16FNO2S. The van der Waals surface area contributed by atoms with Gasteiger partial charge in [-0.15, -0.1) is 0 Å². The van der Waals surface area contributed by atoms with Gasteiger partial charge in [-0.25, -0.2) is 17.5 Å². The van der Waals surface area contributed by atoms with E-state index in [9.17, 15) is 12.8 Å². The average molecular weight is 281 g/mol. The molecule has 0 aliphatic carbocycles. The van der Waals surface area contributed by atoms with Gasteiger partial charge in [0.2, 0.25) is 10.0 Å². The van der Waals surface area contributed by atoms with E-state index in [1.807, 2.05) is 42.5 Å². The van der Waals surface area contributed by atoms with Gasteiger partial charge < -0.3 is 0 Å². The van der Waals surface area contributed by atoms with Gasteiger partial charge >= 0.3 is 0 Å². The van der Waals surface area contributed by atoms with Gasteiger partial charge in [-0.3, -0.25) is 0 Å². The number of alkyl halides is 1. The SMILES string of the molecule is O=S(=O)(CCc1cccc2ccccc12)NCCF. The Hall–Kier alpha value is -1.46. The molecule has 0 aliphatic heterocycles. The molecule has 5 heteroatoms. The van der Waals surface area contributed by atoms with Gasteiger partial charge in [-0.2, -0.15) is 0 Å². The Kier molecular flexibility index (Phi) is 4.50. The van der Waals surface area contributed by atoms with E-state index in [2.05, 4.69) is 4.72 Å². The molecule has 2 aromatic rings. The van der Waals surface area contributed by atoms with E-state index in [-0.39, 0.29) is 12.3 Å². The minimum Gasteiger partial charge on any atom is -0.250 e. The molecule has 0 spiro atoms. The van der Waals surface area contributed by atoms with E-state index in [0.717, 1.165) is 16.3 Å². The first-order valence-electron chi connectivity index (χ1n) is 6.12. The van der Waals surface area contributed by atoms with E-state index in [4.69, 9.17) is 0 Å². The predicted molar refractivity (Wildman–Crippen MR) is 75.4 cm³/mol. The molecule has 3 nitrogen and oxygen atoms in total. The molecule has 102 valence electrons. The van der Waals surface area contributed by atoms with Crippen molar-refractivity contribution < 1.29 is 12.8 Å². The summed E-state index contributed by atoms with van der Waals surface area (Å²) in [6.07, 6.45) is 0.420. The standard InChI is InChI=1S/C14H16FNO2S/c15-9-10-16-19(17,18)11-8-13-6-3-5-12-4-1-2-7-14(12)13/h1-7,16H,8-11H2. The smallest absolute Gasteiger partial charge is 0.212 e. The molecule has 2 rings (SSSR count). The zero-order chi connectivity index (χ0) is 13.7. The molecule has 0 heterocycles. The van der Waals surface area contributed by atoms with Gasteiger partial charge in [0.15, 0.2) is 0 Å². The van der Waals surface area contributed by atoms with Crippen molar-refractivity contribution >= 4 is 20.8 Å². The highest BCUT2D eigenvalue weighted by molar-refractivity contribution is 7.89. The second-order valence-electron chi connectivity index (χ2n) is 4.29. The van der Waals surface area contributed by atoms with Crippen LogP contribution in [0.1, 0.15) is 5.56 Å². The lowest BCUT2D eigenvalue weighted by Gasteiger charge is -2.07. The van der Waals surface area contributed by atoms with Crippen molar-refractivity contribution in [2.24, 2.45) is 0 Å². The molecule has 0 amide bonds. The Labute approximate surface area is 112 Å². The van der Waals surface area contributed by atoms with Crippen LogP contribution in [0, 0.1) is 0 Å². The maximum absolute atomic E-state index is 12.0. The molecule has 0 saturated heterocycles. The van der Waals surface area contributed by atoms with Gasteiger partial charge in [0, 0.05) is 6.54 Å². The lowest BCUT2D eigenvalue weighted by atomic mass is 10.0. The van der Waals surface area contributed by atoms with Crippen LogP contribution >= 0.6 is 0 Å². The van der Waals surface area contributed by atoms with Crippen molar-refractivity contribution in [2.45, 2.75) is 6.42 Å². The summed E-state index contributed by atoms with van der Waals surface area (Å²) in [6, 6.07) is 13.7. The van der Waals surface area contributed by atoms with Crippen molar-refractivity contribution in [3.8, 4) is 0 Å². The number of sulfonamides is 1. The third-order valence-corrected chi connectivity index (χ3v) is 4.32. The third-order valence-electron chi connectivity index (χ3n) is 2.94. The molecule has 0 unspecified atom stereocenters. The minimum atomic E-state index is -3.40. The first-order chi connectivity index (χ1) is 9.12. The molecule has 0 fully saturated rings. The highest BCUT2D eigenvalue weighted by atomic mass is 32.2. The fraction of sp³-hybridized carbons (Fsp3) is 0.286. The molecule has 1 N–H and O–H groups in total. The normalized spacial score (nSPS) is 11.8. The summed E-state index contributed by atoms with van der Waals surface area (Å²) in [6.45, 7) is -0.842. The summed E-state index contributed by atoms with van der Waals surface area (Å²) < 4.78 is 37.4. The molecule has 0 atom stereocenters. The third kappa shape index (κ3) is 3.75. The largest absolute Gasteiger partial charge is 0.250 e. The summed E-state index contributed by atoms with van der Waals surface area (Å²) in [5.41, 5.74) is 0.990. The number of hydrogen-bond donors (Lipinski definition) is 1. The molecule has 0 aliphatic rings. The van der Waals surface area contributed by atoms with Gasteiger partial charge in [-0.05, 0) is 22.8 Å². The van der Waals surface area contributed by atoms with Crippen LogP contribution in [0.3, 0.4) is 0 Å². The molecule has 19 heavy (non-hydrogen) atoms. The number of halogens is 1. The Bertz CT molecular complexity index is 650. The second-order valence-corrected chi connectivity index (χ2v) is 6.22. The minimum absolute atomic E-state index is 0.0268. The summed E-state index contributed by atoms with van der Waals surface area (Å²) >= 11 is 0. The van der Waals surface area contributed by atoms with Crippen molar-refractivity contribution in [2.75, 3.05) is 19.0 Å². The fourth-order valence-corrected chi connectivity index (χ4v) is 3.04. The number of aryl methyl sites for hydroxylation is 1. The first-order valence-corrected chi connectivity index (χ1v) is 7.77. The Morgan fingerprint density at radius 3 is 2.58 bits per heavy atom. The predicted octanol–water partition coefficient (Wildman–Crippen LogP) is 2.27.